The second-order valence-corrected chi connectivity index (χ2v) is 3.67. The number of para-hydroxylation sites is 2. The molecule has 0 saturated heterocycles. The van der Waals surface area contributed by atoms with Crippen LogP contribution in [0.2, 0.25) is 0 Å². The van der Waals surface area contributed by atoms with Crippen LogP contribution in [0.3, 0.4) is 0 Å². The first-order chi connectivity index (χ1) is 8.77. The largest absolute Gasteiger partial charge is 0.493 e. The highest BCUT2D eigenvalue weighted by Crippen LogP contribution is 2.25. The third-order valence-electron chi connectivity index (χ3n) is 2.41. The molecule has 1 rings (SSSR count). The van der Waals surface area contributed by atoms with Crippen molar-refractivity contribution in [2.45, 2.75) is 6.42 Å². The fourth-order valence-electron chi connectivity index (χ4n) is 1.42. The van der Waals surface area contributed by atoms with E-state index < -0.39 is 0 Å². The lowest BCUT2D eigenvalue weighted by Gasteiger charge is -2.10. The van der Waals surface area contributed by atoms with E-state index in [1.54, 1.807) is 14.2 Å². The van der Waals surface area contributed by atoms with Crippen molar-refractivity contribution in [3.8, 4) is 11.5 Å². The van der Waals surface area contributed by atoms with E-state index in [2.05, 4.69) is 10.6 Å². The molecule has 0 atom stereocenters. The van der Waals surface area contributed by atoms with Gasteiger partial charge in [-0.3, -0.25) is 4.79 Å². The lowest BCUT2D eigenvalue weighted by atomic mass is 10.3. The van der Waals surface area contributed by atoms with E-state index in [-0.39, 0.29) is 5.91 Å². The van der Waals surface area contributed by atoms with Crippen LogP contribution in [0.1, 0.15) is 6.42 Å². The van der Waals surface area contributed by atoms with Crippen molar-refractivity contribution in [2.75, 3.05) is 33.9 Å². The van der Waals surface area contributed by atoms with E-state index in [4.69, 9.17) is 9.47 Å². The van der Waals surface area contributed by atoms with Gasteiger partial charge in [-0.25, -0.2) is 0 Å². The SMILES string of the molecule is CNC(=O)CCNCCOc1ccccc1OC. The predicted octanol–water partition coefficient (Wildman–Crippen LogP) is 0.800. The monoisotopic (exact) mass is 252 g/mol. The maximum Gasteiger partial charge on any atom is 0.221 e. The summed E-state index contributed by atoms with van der Waals surface area (Å²) in [5, 5.41) is 5.70. The Balaban J connectivity index is 2.16. The number of ether oxygens (including phenoxy) is 2. The van der Waals surface area contributed by atoms with Gasteiger partial charge in [0.05, 0.1) is 7.11 Å². The molecule has 0 radical (unpaired) electrons. The lowest BCUT2D eigenvalue weighted by Crippen LogP contribution is -2.27. The standard InChI is InChI=1S/C13H20N2O3/c1-14-13(16)7-8-15-9-10-18-12-6-4-3-5-11(12)17-2/h3-6,15H,7-10H2,1-2H3,(H,14,16). The lowest BCUT2D eigenvalue weighted by molar-refractivity contribution is -0.120. The number of nitrogens with one attached hydrogen (secondary N) is 2. The Morgan fingerprint density at radius 3 is 2.61 bits per heavy atom. The normalized spacial score (nSPS) is 9.89. The van der Waals surface area contributed by atoms with Gasteiger partial charge in [0.1, 0.15) is 6.61 Å². The van der Waals surface area contributed by atoms with Crippen LogP contribution in [0, 0.1) is 0 Å². The number of methoxy groups -OCH3 is 1. The van der Waals surface area contributed by atoms with Gasteiger partial charge in [-0.15, -0.1) is 0 Å². The van der Waals surface area contributed by atoms with E-state index in [0.717, 1.165) is 11.5 Å². The van der Waals surface area contributed by atoms with Gasteiger partial charge in [0.2, 0.25) is 5.91 Å². The summed E-state index contributed by atoms with van der Waals surface area (Å²) in [7, 11) is 3.25. The van der Waals surface area contributed by atoms with E-state index >= 15 is 0 Å². The maximum absolute atomic E-state index is 11.0. The Hall–Kier alpha value is -1.75. The molecule has 0 spiro atoms. The Labute approximate surface area is 107 Å². The first kappa shape index (κ1) is 14.3. The average Bonchev–Trinajstić information content (AvgIpc) is 2.42. The van der Waals surface area contributed by atoms with Gasteiger partial charge in [-0.1, -0.05) is 12.1 Å². The summed E-state index contributed by atoms with van der Waals surface area (Å²) < 4.78 is 10.7. The highest BCUT2D eigenvalue weighted by molar-refractivity contribution is 5.75. The zero-order valence-corrected chi connectivity index (χ0v) is 10.9. The van der Waals surface area contributed by atoms with Crippen molar-refractivity contribution >= 4 is 5.91 Å². The van der Waals surface area contributed by atoms with Gasteiger partial charge in [0, 0.05) is 26.6 Å². The molecule has 100 valence electrons. The third kappa shape index (κ3) is 5.05. The number of hydrogen-bond acceptors (Lipinski definition) is 4. The van der Waals surface area contributed by atoms with Gasteiger partial charge in [0.15, 0.2) is 11.5 Å². The Morgan fingerprint density at radius 1 is 1.22 bits per heavy atom. The summed E-state index contributed by atoms with van der Waals surface area (Å²) in [4.78, 5) is 11.0. The van der Waals surface area contributed by atoms with Gasteiger partial charge < -0.3 is 20.1 Å². The minimum absolute atomic E-state index is 0.0353. The van der Waals surface area contributed by atoms with E-state index in [1.807, 2.05) is 24.3 Å². The minimum atomic E-state index is 0.0353. The molecule has 0 unspecified atom stereocenters. The summed E-state index contributed by atoms with van der Waals surface area (Å²) in [6.45, 7) is 1.87. The molecule has 18 heavy (non-hydrogen) atoms. The number of hydrogen-bond donors (Lipinski definition) is 2. The number of benzene rings is 1. The number of carbonyl (C=O) groups excluding carboxylic acids is 1. The molecule has 5 heteroatoms. The molecule has 5 nitrogen and oxygen atoms in total. The molecule has 2 N–H and O–H groups in total. The predicted molar refractivity (Wildman–Crippen MR) is 70.0 cm³/mol. The summed E-state index contributed by atoms with van der Waals surface area (Å²) >= 11 is 0. The molecule has 0 fully saturated rings. The second kappa shape index (κ2) is 8.36. The van der Waals surface area contributed by atoms with Crippen LogP contribution in [-0.2, 0) is 4.79 Å². The molecular weight excluding hydrogens is 232 g/mol. The van der Waals surface area contributed by atoms with E-state index in [0.29, 0.717) is 26.1 Å². The topological polar surface area (TPSA) is 59.6 Å². The molecule has 1 aromatic rings. The van der Waals surface area contributed by atoms with Crippen molar-refractivity contribution in [2.24, 2.45) is 0 Å². The van der Waals surface area contributed by atoms with Crippen molar-refractivity contribution in [1.82, 2.24) is 10.6 Å². The molecule has 0 heterocycles. The zero-order valence-electron chi connectivity index (χ0n) is 10.9. The molecule has 0 aromatic heterocycles. The zero-order chi connectivity index (χ0) is 13.2. The molecule has 0 saturated carbocycles. The highest BCUT2D eigenvalue weighted by atomic mass is 16.5. The third-order valence-corrected chi connectivity index (χ3v) is 2.41. The van der Waals surface area contributed by atoms with Crippen molar-refractivity contribution in [3.05, 3.63) is 24.3 Å². The van der Waals surface area contributed by atoms with Crippen LogP contribution >= 0.6 is 0 Å². The van der Waals surface area contributed by atoms with Crippen LogP contribution in [0.5, 0.6) is 11.5 Å². The Morgan fingerprint density at radius 2 is 1.94 bits per heavy atom. The molecule has 0 bridgehead atoms. The first-order valence-electron chi connectivity index (χ1n) is 5.95. The average molecular weight is 252 g/mol. The number of carbonyl (C=O) groups is 1. The Kier molecular flexibility index (Phi) is 6.64. The van der Waals surface area contributed by atoms with Gasteiger partial charge >= 0.3 is 0 Å². The quantitative estimate of drug-likeness (QED) is 0.672. The van der Waals surface area contributed by atoms with Gasteiger partial charge in [-0.2, -0.15) is 0 Å². The fraction of sp³-hybridized carbons (Fsp3) is 0.462. The van der Waals surface area contributed by atoms with E-state index in [1.165, 1.54) is 0 Å². The minimum Gasteiger partial charge on any atom is -0.493 e. The smallest absolute Gasteiger partial charge is 0.221 e. The summed E-state index contributed by atoms with van der Waals surface area (Å²) in [5.74, 6) is 1.49. The van der Waals surface area contributed by atoms with Crippen LogP contribution in [0.4, 0.5) is 0 Å². The molecule has 1 aromatic carbocycles. The molecule has 0 aliphatic heterocycles. The first-order valence-corrected chi connectivity index (χ1v) is 5.95. The van der Waals surface area contributed by atoms with Crippen LogP contribution < -0.4 is 20.1 Å². The van der Waals surface area contributed by atoms with Gasteiger partial charge in [0.25, 0.3) is 0 Å². The maximum atomic E-state index is 11.0. The molecule has 1 amide bonds. The van der Waals surface area contributed by atoms with Crippen LogP contribution in [0.25, 0.3) is 0 Å². The summed E-state index contributed by atoms with van der Waals surface area (Å²) in [6.07, 6.45) is 0.477. The number of amides is 1. The van der Waals surface area contributed by atoms with Crippen molar-refractivity contribution in [3.63, 3.8) is 0 Å². The van der Waals surface area contributed by atoms with E-state index in [9.17, 15) is 4.79 Å². The van der Waals surface area contributed by atoms with Crippen LogP contribution in [0.15, 0.2) is 24.3 Å². The summed E-state index contributed by atoms with van der Waals surface area (Å²) in [5.41, 5.74) is 0. The van der Waals surface area contributed by atoms with Crippen molar-refractivity contribution in [1.29, 1.82) is 0 Å². The Bertz CT molecular complexity index is 369. The summed E-state index contributed by atoms with van der Waals surface area (Å²) in [6, 6.07) is 7.52. The van der Waals surface area contributed by atoms with Crippen LogP contribution in [-0.4, -0.2) is 39.8 Å². The fourth-order valence-corrected chi connectivity index (χ4v) is 1.42. The molecule has 0 aliphatic rings. The van der Waals surface area contributed by atoms with Gasteiger partial charge in [-0.05, 0) is 12.1 Å². The second-order valence-electron chi connectivity index (χ2n) is 3.67. The molecular formula is C13H20N2O3. The highest BCUT2D eigenvalue weighted by Gasteiger charge is 2.01. The molecule has 0 aliphatic carbocycles. The van der Waals surface area contributed by atoms with Crippen molar-refractivity contribution < 1.29 is 14.3 Å². The number of rotatable bonds is 8.